The maximum atomic E-state index is 9.81. The van der Waals surface area contributed by atoms with Crippen LogP contribution in [-0.4, -0.2) is 18.2 Å². The minimum Gasteiger partial charge on any atom is -0.508 e. The summed E-state index contributed by atoms with van der Waals surface area (Å²) in [5, 5.41) is 13.1. The van der Waals surface area contributed by atoms with Crippen molar-refractivity contribution in [3.63, 3.8) is 0 Å². The van der Waals surface area contributed by atoms with E-state index in [2.05, 4.69) is 18.3 Å². The average Bonchev–Trinajstić information content (AvgIpc) is 2.28. The van der Waals surface area contributed by atoms with Gasteiger partial charge in [0.05, 0.1) is 0 Å². The van der Waals surface area contributed by atoms with Crippen molar-refractivity contribution in [1.29, 1.82) is 0 Å². The molecule has 0 aromatic heterocycles. The second-order valence-corrected chi connectivity index (χ2v) is 4.50. The van der Waals surface area contributed by atoms with Gasteiger partial charge in [-0.1, -0.05) is 12.1 Å². The van der Waals surface area contributed by atoms with E-state index in [9.17, 15) is 5.11 Å². The van der Waals surface area contributed by atoms with Gasteiger partial charge in [0.25, 0.3) is 0 Å². The van der Waals surface area contributed by atoms with Crippen LogP contribution < -0.4 is 5.32 Å². The van der Waals surface area contributed by atoms with Crippen molar-refractivity contribution in [1.82, 2.24) is 5.32 Å². The second kappa shape index (κ2) is 4.23. The summed E-state index contributed by atoms with van der Waals surface area (Å²) in [7, 11) is 2.00. The van der Waals surface area contributed by atoms with E-state index in [4.69, 9.17) is 0 Å². The molecule has 0 radical (unpaired) electrons. The Kier molecular flexibility index (Phi) is 2.96. The van der Waals surface area contributed by atoms with Gasteiger partial charge < -0.3 is 10.4 Å². The molecule has 0 saturated heterocycles. The van der Waals surface area contributed by atoms with Crippen LogP contribution in [0.5, 0.6) is 5.75 Å². The zero-order valence-electron chi connectivity index (χ0n) is 9.46. The second-order valence-electron chi connectivity index (χ2n) is 4.50. The van der Waals surface area contributed by atoms with Crippen LogP contribution in [0.3, 0.4) is 0 Å². The van der Waals surface area contributed by atoms with Crippen molar-refractivity contribution in [2.45, 2.75) is 32.2 Å². The lowest BCUT2D eigenvalue weighted by Crippen LogP contribution is -2.34. The van der Waals surface area contributed by atoms with E-state index in [0.29, 0.717) is 17.7 Å². The molecule has 1 aliphatic carbocycles. The van der Waals surface area contributed by atoms with Crippen molar-refractivity contribution in [3.05, 3.63) is 29.3 Å². The average molecular weight is 205 g/mol. The van der Waals surface area contributed by atoms with Gasteiger partial charge in [-0.2, -0.15) is 0 Å². The highest BCUT2D eigenvalue weighted by atomic mass is 16.3. The molecule has 1 aromatic carbocycles. The number of rotatable bonds is 2. The van der Waals surface area contributed by atoms with Gasteiger partial charge >= 0.3 is 0 Å². The Morgan fingerprint density at radius 2 is 2.27 bits per heavy atom. The predicted molar refractivity (Wildman–Crippen MR) is 62.1 cm³/mol. The van der Waals surface area contributed by atoms with Crippen molar-refractivity contribution in [2.24, 2.45) is 5.92 Å². The van der Waals surface area contributed by atoms with E-state index in [1.54, 1.807) is 6.07 Å². The summed E-state index contributed by atoms with van der Waals surface area (Å²) >= 11 is 0. The fourth-order valence-corrected chi connectivity index (χ4v) is 2.46. The highest BCUT2D eigenvalue weighted by Crippen LogP contribution is 2.32. The quantitative estimate of drug-likeness (QED) is 0.775. The van der Waals surface area contributed by atoms with E-state index in [0.717, 1.165) is 18.4 Å². The van der Waals surface area contributed by atoms with Gasteiger partial charge in [-0.25, -0.2) is 0 Å². The van der Waals surface area contributed by atoms with Crippen molar-refractivity contribution in [3.8, 4) is 5.75 Å². The van der Waals surface area contributed by atoms with Crippen LogP contribution in [0.4, 0.5) is 0 Å². The summed E-state index contributed by atoms with van der Waals surface area (Å²) in [5.41, 5.74) is 2.49. The summed E-state index contributed by atoms with van der Waals surface area (Å²) in [6, 6.07) is 6.40. The molecule has 1 aromatic rings. The summed E-state index contributed by atoms with van der Waals surface area (Å²) < 4.78 is 0. The highest BCUT2D eigenvalue weighted by molar-refractivity contribution is 5.41. The molecule has 0 spiro atoms. The van der Waals surface area contributed by atoms with Crippen molar-refractivity contribution in [2.75, 3.05) is 7.05 Å². The molecule has 0 saturated carbocycles. The van der Waals surface area contributed by atoms with Gasteiger partial charge in [-0.15, -0.1) is 0 Å². The number of aryl methyl sites for hydroxylation is 1. The smallest absolute Gasteiger partial charge is 0.119 e. The van der Waals surface area contributed by atoms with Gasteiger partial charge in [0.15, 0.2) is 0 Å². The standard InChI is InChI=1S/C13H19NO/c1-9(14-2)11-7-6-10-4-3-5-13(15)12(10)8-11/h3-5,9,11,14-15H,6-8H2,1-2H3. The van der Waals surface area contributed by atoms with Crippen LogP contribution in [0.15, 0.2) is 18.2 Å². The van der Waals surface area contributed by atoms with Crippen LogP contribution >= 0.6 is 0 Å². The molecule has 0 heterocycles. The Morgan fingerprint density at radius 1 is 1.47 bits per heavy atom. The largest absolute Gasteiger partial charge is 0.508 e. The van der Waals surface area contributed by atoms with E-state index in [1.165, 1.54) is 12.0 Å². The fraction of sp³-hybridized carbons (Fsp3) is 0.538. The monoisotopic (exact) mass is 205 g/mol. The van der Waals surface area contributed by atoms with Gasteiger partial charge in [-0.05, 0) is 56.3 Å². The molecule has 2 N–H and O–H groups in total. The number of aromatic hydroxyl groups is 1. The third-order valence-corrected chi connectivity index (χ3v) is 3.66. The number of benzene rings is 1. The molecule has 1 aliphatic rings. The van der Waals surface area contributed by atoms with E-state index in [-0.39, 0.29) is 0 Å². The molecule has 0 amide bonds. The number of nitrogens with one attached hydrogen (secondary N) is 1. The molecule has 2 nitrogen and oxygen atoms in total. The molecule has 0 fully saturated rings. The number of phenols is 1. The maximum Gasteiger partial charge on any atom is 0.119 e. The van der Waals surface area contributed by atoms with Crippen LogP contribution in [0.1, 0.15) is 24.5 Å². The number of hydrogen-bond donors (Lipinski definition) is 2. The van der Waals surface area contributed by atoms with E-state index < -0.39 is 0 Å². The molecule has 82 valence electrons. The molecule has 0 bridgehead atoms. The molecule has 2 unspecified atom stereocenters. The first-order valence-corrected chi connectivity index (χ1v) is 5.69. The molecular weight excluding hydrogens is 186 g/mol. The molecule has 2 rings (SSSR count). The SMILES string of the molecule is CNC(C)C1CCc2cccc(O)c2C1. The Labute approximate surface area is 91.3 Å². The molecular formula is C13H19NO. The fourth-order valence-electron chi connectivity index (χ4n) is 2.46. The normalized spacial score (nSPS) is 22.1. The topological polar surface area (TPSA) is 32.3 Å². The van der Waals surface area contributed by atoms with Crippen LogP contribution in [0.25, 0.3) is 0 Å². The number of fused-ring (bicyclic) bond motifs is 1. The van der Waals surface area contributed by atoms with Crippen molar-refractivity contribution < 1.29 is 5.11 Å². The first-order chi connectivity index (χ1) is 7.22. The molecule has 15 heavy (non-hydrogen) atoms. The lowest BCUT2D eigenvalue weighted by Gasteiger charge is -2.29. The molecule has 2 atom stereocenters. The van der Waals surface area contributed by atoms with E-state index >= 15 is 0 Å². The Hall–Kier alpha value is -1.02. The van der Waals surface area contributed by atoms with Crippen LogP contribution in [-0.2, 0) is 12.8 Å². The predicted octanol–water partition coefficient (Wildman–Crippen LogP) is 2.11. The van der Waals surface area contributed by atoms with Gasteiger partial charge in [-0.3, -0.25) is 0 Å². The lowest BCUT2D eigenvalue weighted by molar-refractivity contribution is 0.346. The molecule has 0 aliphatic heterocycles. The van der Waals surface area contributed by atoms with E-state index in [1.807, 2.05) is 13.1 Å². The van der Waals surface area contributed by atoms with Crippen LogP contribution in [0.2, 0.25) is 0 Å². The third-order valence-electron chi connectivity index (χ3n) is 3.66. The third kappa shape index (κ3) is 2.00. The van der Waals surface area contributed by atoms with Crippen LogP contribution in [0, 0.1) is 5.92 Å². The zero-order valence-corrected chi connectivity index (χ0v) is 9.46. The van der Waals surface area contributed by atoms with Gasteiger partial charge in [0.2, 0.25) is 0 Å². The highest BCUT2D eigenvalue weighted by Gasteiger charge is 2.24. The lowest BCUT2D eigenvalue weighted by atomic mass is 9.80. The zero-order chi connectivity index (χ0) is 10.8. The number of hydrogen-bond acceptors (Lipinski definition) is 2. The van der Waals surface area contributed by atoms with Gasteiger partial charge in [0, 0.05) is 6.04 Å². The van der Waals surface area contributed by atoms with Gasteiger partial charge in [0.1, 0.15) is 5.75 Å². The first-order valence-electron chi connectivity index (χ1n) is 5.69. The first kappa shape index (κ1) is 10.5. The Bertz CT molecular complexity index is 348. The Balaban J connectivity index is 2.22. The Morgan fingerprint density at radius 3 is 3.00 bits per heavy atom. The summed E-state index contributed by atoms with van der Waals surface area (Å²) in [5.74, 6) is 1.12. The minimum absolute atomic E-state index is 0.473. The summed E-state index contributed by atoms with van der Waals surface area (Å²) in [4.78, 5) is 0. The number of phenolic OH excluding ortho intramolecular Hbond substituents is 1. The summed E-state index contributed by atoms with van der Waals surface area (Å²) in [6.07, 6.45) is 3.32. The molecule has 2 heteroatoms. The summed E-state index contributed by atoms with van der Waals surface area (Å²) in [6.45, 7) is 2.22. The van der Waals surface area contributed by atoms with Crippen molar-refractivity contribution >= 4 is 0 Å². The maximum absolute atomic E-state index is 9.81. The minimum atomic E-state index is 0.473.